The maximum Gasteiger partial charge on any atom is 0.119 e. The molecule has 2 aromatic carbocycles. The number of piperidine rings is 1. The number of rotatable bonds is 2. The van der Waals surface area contributed by atoms with Crippen molar-refractivity contribution < 1.29 is 11.0 Å². The van der Waals surface area contributed by atoms with Crippen molar-refractivity contribution >= 4 is 24.8 Å². The zero-order valence-corrected chi connectivity index (χ0v) is 17.9. The molecular weight excluding hydrogens is 409 g/mol. The van der Waals surface area contributed by atoms with Crippen LogP contribution in [0, 0.1) is 0 Å². The number of nitrogens with zero attached hydrogens (tertiary/aromatic N) is 3. The van der Waals surface area contributed by atoms with Crippen molar-refractivity contribution in [3.63, 3.8) is 0 Å². The van der Waals surface area contributed by atoms with E-state index >= 15 is 0 Å². The van der Waals surface area contributed by atoms with Gasteiger partial charge in [0, 0.05) is 25.5 Å². The molecule has 5 rings (SSSR count). The Morgan fingerprint density at radius 3 is 2.24 bits per heavy atom. The smallest absolute Gasteiger partial charge is 0.119 e. The second-order valence-corrected chi connectivity index (χ2v) is 7.38. The van der Waals surface area contributed by atoms with Gasteiger partial charge >= 0.3 is 0 Å². The first-order chi connectivity index (χ1) is 12.4. The van der Waals surface area contributed by atoms with Crippen LogP contribution in [0.4, 0.5) is 0 Å². The van der Waals surface area contributed by atoms with Crippen LogP contribution in [0.1, 0.15) is 35.4 Å². The molecule has 4 N–H and O–H groups in total. The van der Waals surface area contributed by atoms with Gasteiger partial charge in [0.2, 0.25) is 0 Å². The molecule has 7 heteroatoms. The number of likely N-dealkylation sites (tertiary alicyclic amines) is 1. The Morgan fingerprint density at radius 1 is 0.862 bits per heavy atom. The molecule has 3 aromatic rings. The average Bonchev–Trinajstić information content (AvgIpc) is 3.14. The molecule has 0 unspecified atom stereocenters. The van der Waals surface area contributed by atoms with Crippen LogP contribution in [-0.4, -0.2) is 38.5 Å². The summed E-state index contributed by atoms with van der Waals surface area (Å²) in [4.78, 5) is 7.37. The highest BCUT2D eigenvalue weighted by Gasteiger charge is 2.44. The van der Waals surface area contributed by atoms with Crippen molar-refractivity contribution in [3.8, 4) is 0 Å². The number of hydrogen-bond acceptors (Lipinski definition) is 2. The lowest BCUT2D eigenvalue weighted by Crippen LogP contribution is -2.46. The van der Waals surface area contributed by atoms with Gasteiger partial charge in [0.05, 0.1) is 5.41 Å². The van der Waals surface area contributed by atoms with E-state index < -0.39 is 0 Å². The summed E-state index contributed by atoms with van der Waals surface area (Å²) >= 11 is 0. The first-order valence-electron chi connectivity index (χ1n) is 9.21. The Bertz CT molecular complexity index is 894. The number of halogens is 2. The fourth-order valence-electron chi connectivity index (χ4n) is 4.71. The molecule has 0 bridgehead atoms. The van der Waals surface area contributed by atoms with E-state index in [0.29, 0.717) is 0 Å². The van der Waals surface area contributed by atoms with Crippen LogP contribution in [0.3, 0.4) is 0 Å². The van der Waals surface area contributed by atoms with Gasteiger partial charge in [-0.25, -0.2) is 4.98 Å². The standard InChI is InChI=1S/C22H23N3.2ClH.2H2O/c1-2-6-18(7-3-1)16-24-13-10-22(11-14-24)20-9-5-4-8-19(20)17-25-15-12-23-21(22)25;;;;/h1-9,12,15H,10-11,13-14,16-17H2;2*1H;2*1H2. The molecule has 1 fully saturated rings. The summed E-state index contributed by atoms with van der Waals surface area (Å²) in [6, 6.07) is 19.8. The maximum atomic E-state index is 4.79. The molecule has 1 aromatic heterocycles. The first-order valence-corrected chi connectivity index (χ1v) is 9.21. The molecule has 1 spiro atoms. The van der Waals surface area contributed by atoms with Crippen molar-refractivity contribution in [1.29, 1.82) is 0 Å². The Labute approximate surface area is 184 Å². The summed E-state index contributed by atoms with van der Waals surface area (Å²) in [5.74, 6) is 1.27. The SMILES string of the molecule is Cl.Cl.O.O.c1ccc(CN2CCC3(CC2)c2ccccc2Cn2ccnc23)cc1. The van der Waals surface area contributed by atoms with Crippen LogP contribution in [0.2, 0.25) is 0 Å². The lowest BCUT2D eigenvalue weighted by atomic mass is 9.69. The molecule has 0 atom stereocenters. The van der Waals surface area contributed by atoms with Crippen LogP contribution >= 0.6 is 24.8 Å². The molecule has 0 aliphatic carbocycles. The van der Waals surface area contributed by atoms with Gasteiger partial charge in [-0.2, -0.15) is 0 Å². The van der Waals surface area contributed by atoms with Crippen LogP contribution in [-0.2, 0) is 18.5 Å². The third kappa shape index (κ3) is 4.34. The van der Waals surface area contributed by atoms with Crippen molar-refractivity contribution in [1.82, 2.24) is 14.5 Å². The molecule has 0 radical (unpaired) electrons. The molecule has 3 heterocycles. The van der Waals surface area contributed by atoms with Crippen molar-refractivity contribution in [3.05, 3.63) is 89.5 Å². The quantitative estimate of drug-likeness (QED) is 0.616. The lowest BCUT2D eigenvalue weighted by molar-refractivity contribution is 0.162. The molecule has 2 aliphatic rings. The van der Waals surface area contributed by atoms with Gasteiger partial charge in [0.15, 0.2) is 0 Å². The predicted molar refractivity (Wildman–Crippen MR) is 121 cm³/mol. The van der Waals surface area contributed by atoms with Gasteiger partial charge in [0.1, 0.15) is 5.82 Å². The van der Waals surface area contributed by atoms with Crippen LogP contribution in [0.25, 0.3) is 0 Å². The number of benzene rings is 2. The summed E-state index contributed by atoms with van der Waals surface area (Å²) in [6.45, 7) is 4.25. The highest BCUT2D eigenvalue weighted by Crippen LogP contribution is 2.45. The molecule has 2 aliphatic heterocycles. The van der Waals surface area contributed by atoms with Crippen LogP contribution in [0.15, 0.2) is 67.0 Å². The van der Waals surface area contributed by atoms with Gasteiger partial charge in [0.25, 0.3) is 0 Å². The number of hydrogen-bond donors (Lipinski definition) is 0. The van der Waals surface area contributed by atoms with E-state index in [2.05, 4.69) is 70.3 Å². The fraction of sp³-hybridized carbons (Fsp3) is 0.318. The topological polar surface area (TPSA) is 84.1 Å². The van der Waals surface area contributed by atoms with Crippen molar-refractivity contribution in [2.75, 3.05) is 13.1 Å². The largest absolute Gasteiger partial charge is 0.412 e. The average molecular weight is 438 g/mol. The van der Waals surface area contributed by atoms with Gasteiger partial charge in [-0.3, -0.25) is 4.90 Å². The highest BCUT2D eigenvalue weighted by molar-refractivity contribution is 5.85. The number of aromatic nitrogens is 2. The monoisotopic (exact) mass is 437 g/mol. The van der Waals surface area contributed by atoms with E-state index in [9.17, 15) is 0 Å². The van der Waals surface area contributed by atoms with E-state index in [-0.39, 0.29) is 41.2 Å². The Hall–Kier alpha value is -1.89. The van der Waals surface area contributed by atoms with E-state index in [1.54, 1.807) is 0 Å². The van der Waals surface area contributed by atoms with Gasteiger partial charge in [-0.1, -0.05) is 54.6 Å². The lowest BCUT2D eigenvalue weighted by Gasteiger charge is -2.45. The molecule has 0 amide bonds. The third-order valence-corrected chi connectivity index (χ3v) is 5.98. The van der Waals surface area contributed by atoms with E-state index in [4.69, 9.17) is 4.98 Å². The number of fused-ring (bicyclic) bond motifs is 4. The Balaban J connectivity index is 0.00000105. The minimum absolute atomic E-state index is 0. The second kappa shape index (κ2) is 10.2. The minimum atomic E-state index is 0. The second-order valence-electron chi connectivity index (χ2n) is 7.38. The number of imidazole rings is 1. The normalized spacial score (nSPS) is 16.1. The van der Waals surface area contributed by atoms with Crippen LogP contribution < -0.4 is 0 Å². The highest BCUT2D eigenvalue weighted by atomic mass is 35.5. The molecule has 5 nitrogen and oxygen atoms in total. The zero-order chi connectivity index (χ0) is 16.7. The fourth-order valence-corrected chi connectivity index (χ4v) is 4.71. The van der Waals surface area contributed by atoms with Crippen LogP contribution in [0.5, 0.6) is 0 Å². The summed E-state index contributed by atoms with van der Waals surface area (Å²) in [5.41, 5.74) is 4.47. The third-order valence-electron chi connectivity index (χ3n) is 5.98. The molecule has 158 valence electrons. The van der Waals surface area contributed by atoms with Crippen molar-refractivity contribution in [2.45, 2.75) is 31.3 Å². The predicted octanol–water partition coefficient (Wildman–Crippen LogP) is 3.02. The van der Waals surface area contributed by atoms with E-state index in [1.165, 1.54) is 22.5 Å². The van der Waals surface area contributed by atoms with Gasteiger partial charge < -0.3 is 15.5 Å². The van der Waals surface area contributed by atoms with E-state index in [1.807, 2.05) is 6.20 Å². The summed E-state index contributed by atoms with van der Waals surface area (Å²) < 4.78 is 2.36. The minimum Gasteiger partial charge on any atom is -0.412 e. The Morgan fingerprint density at radius 2 is 1.52 bits per heavy atom. The zero-order valence-electron chi connectivity index (χ0n) is 16.3. The van der Waals surface area contributed by atoms with Gasteiger partial charge in [-0.05, 0) is 42.6 Å². The summed E-state index contributed by atoms with van der Waals surface area (Å²) in [5, 5.41) is 0. The molecule has 0 saturated carbocycles. The maximum absolute atomic E-state index is 4.79. The molecule has 1 saturated heterocycles. The Kier molecular flexibility index (Phi) is 8.87. The first kappa shape index (κ1) is 25.1. The summed E-state index contributed by atoms with van der Waals surface area (Å²) in [7, 11) is 0. The van der Waals surface area contributed by atoms with E-state index in [0.717, 1.165) is 39.0 Å². The summed E-state index contributed by atoms with van der Waals surface area (Å²) in [6.07, 6.45) is 6.41. The van der Waals surface area contributed by atoms with Crippen molar-refractivity contribution in [2.24, 2.45) is 0 Å². The molecular formula is C22H29Cl2N3O2. The van der Waals surface area contributed by atoms with Gasteiger partial charge in [-0.15, -0.1) is 24.8 Å². The molecule has 29 heavy (non-hydrogen) atoms.